The molecule has 1 aromatic rings. The van der Waals surface area contributed by atoms with E-state index in [0.29, 0.717) is 23.2 Å². The predicted octanol–water partition coefficient (Wildman–Crippen LogP) is 2.42. The number of hydrogen-bond donors (Lipinski definition) is 2. The van der Waals surface area contributed by atoms with Gasteiger partial charge in [-0.25, -0.2) is 13.1 Å². The number of nitrogens with one attached hydrogen (secondary N) is 2. The van der Waals surface area contributed by atoms with Crippen LogP contribution in [-0.4, -0.2) is 44.9 Å². The fourth-order valence-corrected chi connectivity index (χ4v) is 5.61. The molecule has 1 aliphatic rings. The van der Waals surface area contributed by atoms with Crippen molar-refractivity contribution in [3.63, 3.8) is 0 Å². The largest absolute Gasteiger partial charge is 0.351 e. The van der Waals surface area contributed by atoms with E-state index in [2.05, 4.69) is 35.7 Å². The summed E-state index contributed by atoms with van der Waals surface area (Å²) in [6, 6.07) is 3.56. The van der Waals surface area contributed by atoms with E-state index in [1.54, 1.807) is 12.1 Å². The average Bonchev–Trinajstić information content (AvgIpc) is 3.04. The monoisotopic (exact) mass is 401 g/mol. The third-order valence-electron chi connectivity index (χ3n) is 4.95. The Kier molecular flexibility index (Phi) is 7.63. The van der Waals surface area contributed by atoms with Crippen molar-refractivity contribution in [3.8, 4) is 0 Å². The average molecular weight is 402 g/mol. The van der Waals surface area contributed by atoms with Crippen LogP contribution in [0.2, 0.25) is 0 Å². The Labute approximate surface area is 161 Å². The van der Waals surface area contributed by atoms with Gasteiger partial charge in [-0.1, -0.05) is 20.8 Å². The van der Waals surface area contributed by atoms with Gasteiger partial charge < -0.3 is 5.32 Å². The number of rotatable bonds is 8. The summed E-state index contributed by atoms with van der Waals surface area (Å²) in [7, 11) is -3.53. The highest BCUT2D eigenvalue weighted by Gasteiger charge is 2.27. The molecule has 0 saturated carbocycles. The van der Waals surface area contributed by atoms with E-state index in [4.69, 9.17) is 0 Å². The van der Waals surface area contributed by atoms with E-state index in [-0.39, 0.29) is 11.9 Å². The van der Waals surface area contributed by atoms with Crippen LogP contribution in [0.15, 0.2) is 16.3 Å². The van der Waals surface area contributed by atoms with Crippen molar-refractivity contribution in [1.29, 1.82) is 0 Å². The van der Waals surface area contributed by atoms with Gasteiger partial charge in [-0.15, -0.1) is 11.3 Å². The second-order valence-electron chi connectivity index (χ2n) is 7.51. The van der Waals surface area contributed by atoms with E-state index < -0.39 is 10.0 Å². The van der Waals surface area contributed by atoms with E-state index in [1.165, 1.54) is 31.1 Å². The van der Waals surface area contributed by atoms with Crippen LogP contribution in [0.25, 0.3) is 0 Å². The third-order valence-corrected chi connectivity index (χ3v) is 7.95. The number of carbonyl (C=O) groups is 1. The number of carbonyl (C=O) groups excluding carboxylic acids is 1. The number of piperidine rings is 1. The molecule has 6 nitrogen and oxygen atoms in total. The van der Waals surface area contributed by atoms with E-state index in [9.17, 15) is 13.2 Å². The van der Waals surface area contributed by atoms with Gasteiger partial charge in [0, 0.05) is 24.4 Å². The molecule has 0 radical (unpaired) electrons. The summed E-state index contributed by atoms with van der Waals surface area (Å²) in [6.07, 6.45) is 2.35. The molecule has 148 valence electrons. The van der Waals surface area contributed by atoms with E-state index >= 15 is 0 Å². The Balaban J connectivity index is 1.97. The van der Waals surface area contributed by atoms with Crippen LogP contribution in [0.3, 0.4) is 0 Å². The number of likely N-dealkylation sites (tertiary alicyclic amines) is 1. The molecule has 2 heterocycles. The third kappa shape index (κ3) is 6.04. The lowest BCUT2D eigenvalue weighted by atomic mass is 9.94. The molecule has 0 aliphatic carbocycles. The molecule has 0 spiro atoms. The van der Waals surface area contributed by atoms with E-state index in [1.807, 2.05) is 0 Å². The fourth-order valence-electron chi connectivity index (χ4n) is 3.22. The second-order valence-corrected chi connectivity index (χ2v) is 10.7. The zero-order valence-corrected chi connectivity index (χ0v) is 17.8. The van der Waals surface area contributed by atoms with Gasteiger partial charge in [0.15, 0.2) is 0 Å². The van der Waals surface area contributed by atoms with Gasteiger partial charge in [0.05, 0.1) is 6.54 Å². The lowest BCUT2D eigenvalue weighted by Crippen LogP contribution is -2.49. The Morgan fingerprint density at radius 1 is 1.31 bits per heavy atom. The number of sulfonamides is 1. The highest BCUT2D eigenvalue weighted by molar-refractivity contribution is 7.91. The van der Waals surface area contributed by atoms with Crippen molar-refractivity contribution in [2.24, 2.45) is 11.8 Å². The first-order valence-corrected chi connectivity index (χ1v) is 11.6. The molecule has 0 aromatic carbocycles. The minimum Gasteiger partial charge on any atom is -0.351 e. The summed E-state index contributed by atoms with van der Waals surface area (Å²) in [5.74, 6) is 1.00. The zero-order chi connectivity index (χ0) is 19.3. The van der Waals surface area contributed by atoms with Gasteiger partial charge in [-0.2, -0.15) is 0 Å². The standard InChI is InChI=1S/C18H31N3O3S2/c1-13(2)17(21-9-7-14(3)8-10-21)12-20-26(23,24)18-6-5-16(25-18)11-19-15(4)22/h5-6,13-14,17,20H,7-12H2,1-4H3,(H,19,22). The van der Waals surface area contributed by atoms with Gasteiger partial charge >= 0.3 is 0 Å². The maximum atomic E-state index is 12.6. The molecule has 8 heteroatoms. The van der Waals surface area contributed by atoms with Gasteiger partial charge in [-0.3, -0.25) is 9.69 Å². The molecule has 1 fully saturated rings. The van der Waals surface area contributed by atoms with Crippen molar-refractivity contribution in [2.45, 2.75) is 57.3 Å². The van der Waals surface area contributed by atoms with Gasteiger partial charge in [0.1, 0.15) is 4.21 Å². The fraction of sp³-hybridized carbons (Fsp3) is 0.722. The highest BCUT2D eigenvalue weighted by Crippen LogP contribution is 2.23. The molecule has 0 bridgehead atoms. The number of nitrogens with zero attached hydrogens (tertiary/aromatic N) is 1. The van der Waals surface area contributed by atoms with Gasteiger partial charge in [0.2, 0.25) is 15.9 Å². The first-order valence-electron chi connectivity index (χ1n) is 9.26. The molecule has 2 rings (SSSR count). The molecule has 1 saturated heterocycles. The van der Waals surface area contributed by atoms with Crippen molar-refractivity contribution < 1.29 is 13.2 Å². The summed E-state index contributed by atoms with van der Waals surface area (Å²) in [5, 5.41) is 2.69. The maximum absolute atomic E-state index is 12.6. The Hall–Kier alpha value is -0.960. The van der Waals surface area contributed by atoms with Crippen LogP contribution in [0.4, 0.5) is 0 Å². The molecular weight excluding hydrogens is 370 g/mol. The molecule has 1 aliphatic heterocycles. The molecule has 1 amide bonds. The summed E-state index contributed by atoms with van der Waals surface area (Å²) in [4.78, 5) is 14.2. The van der Waals surface area contributed by atoms with Crippen LogP contribution >= 0.6 is 11.3 Å². The summed E-state index contributed by atoms with van der Waals surface area (Å²) < 4.78 is 28.4. The smallest absolute Gasteiger partial charge is 0.250 e. The Bertz CT molecular complexity index is 692. The van der Waals surface area contributed by atoms with Crippen LogP contribution < -0.4 is 10.0 Å². The highest BCUT2D eigenvalue weighted by atomic mass is 32.2. The van der Waals surface area contributed by atoms with Crippen LogP contribution in [0.5, 0.6) is 0 Å². The SMILES string of the molecule is CC(=O)NCc1ccc(S(=O)(=O)NCC(C(C)C)N2CCC(C)CC2)s1. The predicted molar refractivity (Wildman–Crippen MR) is 106 cm³/mol. The molecule has 1 atom stereocenters. The summed E-state index contributed by atoms with van der Waals surface area (Å²) in [6.45, 7) is 10.9. The van der Waals surface area contributed by atoms with Crippen molar-refractivity contribution in [2.75, 3.05) is 19.6 Å². The molecule has 2 N–H and O–H groups in total. The minimum absolute atomic E-state index is 0.128. The lowest BCUT2D eigenvalue weighted by molar-refractivity contribution is -0.119. The van der Waals surface area contributed by atoms with Crippen LogP contribution in [-0.2, 0) is 21.4 Å². The van der Waals surface area contributed by atoms with Crippen molar-refractivity contribution >= 4 is 27.3 Å². The Morgan fingerprint density at radius 2 is 1.96 bits per heavy atom. The van der Waals surface area contributed by atoms with Gasteiger partial charge in [-0.05, 0) is 49.9 Å². The molecule has 1 unspecified atom stereocenters. The van der Waals surface area contributed by atoms with E-state index in [0.717, 1.165) is 23.9 Å². The topological polar surface area (TPSA) is 78.5 Å². The normalized spacial score (nSPS) is 18.2. The number of amides is 1. The van der Waals surface area contributed by atoms with Gasteiger partial charge in [0.25, 0.3) is 0 Å². The van der Waals surface area contributed by atoms with Crippen LogP contribution in [0, 0.1) is 11.8 Å². The maximum Gasteiger partial charge on any atom is 0.250 e. The zero-order valence-electron chi connectivity index (χ0n) is 16.1. The summed E-state index contributed by atoms with van der Waals surface area (Å²) in [5.41, 5.74) is 0. The first-order chi connectivity index (χ1) is 12.2. The Morgan fingerprint density at radius 3 is 2.54 bits per heavy atom. The number of hydrogen-bond acceptors (Lipinski definition) is 5. The molecular formula is C18H31N3O3S2. The summed E-state index contributed by atoms with van der Waals surface area (Å²) >= 11 is 1.20. The van der Waals surface area contributed by atoms with Crippen LogP contribution in [0.1, 0.15) is 45.4 Å². The lowest BCUT2D eigenvalue weighted by Gasteiger charge is -2.38. The van der Waals surface area contributed by atoms with Crippen molar-refractivity contribution in [3.05, 3.63) is 17.0 Å². The van der Waals surface area contributed by atoms with Crippen molar-refractivity contribution in [1.82, 2.24) is 14.9 Å². The molecule has 1 aromatic heterocycles. The minimum atomic E-state index is -3.53. The first kappa shape index (κ1) is 21.3. The quantitative estimate of drug-likeness (QED) is 0.701. The molecule has 26 heavy (non-hydrogen) atoms. The second kappa shape index (κ2) is 9.30. The number of thiophene rings is 1.